The molecular formula is C17H23N5O2. The maximum atomic E-state index is 12.3. The molecule has 1 aliphatic carbocycles. The highest BCUT2D eigenvalue weighted by Crippen LogP contribution is 2.23. The van der Waals surface area contributed by atoms with E-state index in [9.17, 15) is 9.59 Å². The molecule has 2 aromatic rings. The molecule has 24 heavy (non-hydrogen) atoms. The zero-order chi connectivity index (χ0) is 16.9. The number of pyridine rings is 1. The molecule has 0 spiro atoms. The fraction of sp³-hybridized carbons (Fsp3) is 0.529. The summed E-state index contributed by atoms with van der Waals surface area (Å²) >= 11 is 0. The van der Waals surface area contributed by atoms with Gasteiger partial charge in [-0.05, 0) is 25.0 Å². The van der Waals surface area contributed by atoms with Gasteiger partial charge in [-0.3, -0.25) is 14.3 Å². The lowest BCUT2D eigenvalue weighted by molar-refractivity contribution is -0.125. The lowest BCUT2D eigenvalue weighted by atomic mass is 9.89. The molecule has 0 bridgehead atoms. The van der Waals surface area contributed by atoms with Crippen molar-refractivity contribution in [1.29, 1.82) is 0 Å². The topological polar surface area (TPSA) is 81.8 Å². The number of amides is 1. The maximum absolute atomic E-state index is 12.3. The molecule has 1 N–H and O–H groups in total. The Kier molecular flexibility index (Phi) is 5.08. The molecule has 0 unspecified atom stereocenters. The Bertz CT molecular complexity index is 744. The molecule has 0 aliphatic heterocycles. The van der Waals surface area contributed by atoms with Crippen LogP contribution in [0.4, 0.5) is 0 Å². The Labute approximate surface area is 140 Å². The van der Waals surface area contributed by atoms with Crippen molar-refractivity contribution >= 4 is 5.91 Å². The SMILES string of the molecule is Cn1c(-c2cccnc2)nn(CCNC(=O)C2CCCCC2)c1=O. The van der Waals surface area contributed by atoms with Gasteiger partial charge in [0.2, 0.25) is 5.91 Å². The summed E-state index contributed by atoms with van der Waals surface area (Å²) in [6.45, 7) is 0.782. The number of nitrogens with one attached hydrogen (secondary N) is 1. The van der Waals surface area contributed by atoms with Crippen molar-refractivity contribution in [2.75, 3.05) is 6.54 Å². The molecule has 0 radical (unpaired) electrons. The van der Waals surface area contributed by atoms with Gasteiger partial charge in [-0.2, -0.15) is 0 Å². The van der Waals surface area contributed by atoms with Gasteiger partial charge in [0, 0.05) is 37.5 Å². The summed E-state index contributed by atoms with van der Waals surface area (Å²) in [6.07, 6.45) is 8.79. The fourth-order valence-corrected chi connectivity index (χ4v) is 3.17. The number of hydrogen-bond donors (Lipinski definition) is 1. The van der Waals surface area contributed by atoms with Crippen molar-refractivity contribution in [3.8, 4) is 11.4 Å². The van der Waals surface area contributed by atoms with Crippen LogP contribution in [0.2, 0.25) is 0 Å². The van der Waals surface area contributed by atoms with Crippen LogP contribution in [0, 0.1) is 5.92 Å². The van der Waals surface area contributed by atoms with Gasteiger partial charge < -0.3 is 5.32 Å². The Balaban J connectivity index is 1.62. The van der Waals surface area contributed by atoms with E-state index in [0.717, 1.165) is 31.2 Å². The van der Waals surface area contributed by atoms with E-state index in [1.54, 1.807) is 19.4 Å². The number of carbonyl (C=O) groups is 1. The van der Waals surface area contributed by atoms with Crippen LogP contribution < -0.4 is 11.0 Å². The van der Waals surface area contributed by atoms with Crippen molar-refractivity contribution in [3.05, 3.63) is 35.0 Å². The quantitative estimate of drug-likeness (QED) is 0.897. The minimum atomic E-state index is -0.194. The molecular weight excluding hydrogens is 306 g/mol. The molecule has 0 saturated heterocycles. The van der Waals surface area contributed by atoms with Gasteiger partial charge in [-0.15, -0.1) is 5.10 Å². The van der Waals surface area contributed by atoms with E-state index < -0.39 is 0 Å². The average molecular weight is 329 g/mol. The lowest BCUT2D eigenvalue weighted by Gasteiger charge is -2.20. The van der Waals surface area contributed by atoms with Crippen LogP contribution >= 0.6 is 0 Å². The summed E-state index contributed by atoms with van der Waals surface area (Å²) in [5.41, 5.74) is 0.600. The third-order valence-corrected chi connectivity index (χ3v) is 4.56. The number of rotatable bonds is 5. The zero-order valence-corrected chi connectivity index (χ0v) is 13.9. The number of carbonyl (C=O) groups excluding carboxylic acids is 1. The first-order valence-corrected chi connectivity index (χ1v) is 8.49. The predicted octanol–water partition coefficient (Wildman–Crippen LogP) is 1.34. The minimum Gasteiger partial charge on any atom is -0.354 e. The van der Waals surface area contributed by atoms with Crippen molar-refractivity contribution in [2.24, 2.45) is 13.0 Å². The third kappa shape index (κ3) is 3.55. The van der Waals surface area contributed by atoms with E-state index in [4.69, 9.17) is 0 Å². The average Bonchev–Trinajstić information content (AvgIpc) is 2.92. The van der Waals surface area contributed by atoms with Crippen molar-refractivity contribution in [3.63, 3.8) is 0 Å². The summed E-state index contributed by atoms with van der Waals surface area (Å²) in [5.74, 6) is 0.808. The molecule has 1 saturated carbocycles. The second-order valence-corrected chi connectivity index (χ2v) is 6.26. The summed E-state index contributed by atoms with van der Waals surface area (Å²) in [4.78, 5) is 28.5. The third-order valence-electron chi connectivity index (χ3n) is 4.56. The van der Waals surface area contributed by atoms with Crippen LogP contribution in [0.5, 0.6) is 0 Å². The van der Waals surface area contributed by atoms with E-state index in [1.165, 1.54) is 15.7 Å². The Morgan fingerprint density at radius 3 is 2.83 bits per heavy atom. The molecule has 0 aromatic carbocycles. The Morgan fingerprint density at radius 1 is 1.33 bits per heavy atom. The molecule has 2 aromatic heterocycles. The van der Waals surface area contributed by atoms with Gasteiger partial charge in [-0.1, -0.05) is 19.3 Å². The molecule has 0 atom stereocenters. The first-order chi connectivity index (χ1) is 11.7. The smallest absolute Gasteiger partial charge is 0.345 e. The van der Waals surface area contributed by atoms with Crippen molar-refractivity contribution < 1.29 is 4.79 Å². The predicted molar refractivity (Wildman–Crippen MR) is 90.3 cm³/mol. The van der Waals surface area contributed by atoms with E-state index in [-0.39, 0.29) is 17.5 Å². The highest BCUT2D eigenvalue weighted by atomic mass is 16.2. The van der Waals surface area contributed by atoms with Crippen LogP contribution in [0.3, 0.4) is 0 Å². The second kappa shape index (κ2) is 7.42. The molecule has 1 fully saturated rings. The molecule has 128 valence electrons. The van der Waals surface area contributed by atoms with Crippen LogP contribution in [-0.2, 0) is 18.4 Å². The molecule has 1 aliphatic rings. The van der Waals surface area contributed by atoms with E-state index in [0.29, 0.717) is 18.9 Å². The van der Waals surface area contributed by atoms with Gasteiger partial charge in [0.1, 0.15) is 0 Å². The Hall–Kier alpha value is -2.44. The maximum Gasteiger partial charge on any atom is 0.345 e. The summed E-state index contributed by atoms with van der Waals surface area (Å²) in [6, 6.07) is 3.67. The van der Waals surface area contributed by atoms with E-state index >= 15 is 0 Å². The molecule has 7 nitrogen and oxygen atoms in total. The standard InChI is InChI=1S/C17H23N5O2/c1-21-15(14-8-5-9-18-12-14)20-22(17(21)24)11-10-19-16(23)13-6-3-2-4-7-13/h5,8-9,12-13H,2-4,6-7,10-11H2,1H3,(H,19,23). The van der Waals surface area contributed by atoms with Crippen LogP contribution in [0.15, 0.2) is 29.3 Å². The minimum absolute atomic E-state index is 0.103. The first-order valence-electron chi connectivity index (χ1n) is 8.49. The molecule has 2 heterocycles. The Morgan fingerprint density at radius 2 is 2.12 bits per heavy atom. The van der Waals surface area contributed by atoms with Crippen LogP contribution in [0.1, 0.15) is 32.1 Å². The number of hydrogen-bond acceptors (Lipinski definition) is 4. The van der Waals surface area contributed by atoms with Gasteiger partial charge in [0.05, 0.1) is 6.54 Å². The van der Waals surface area contributed by atoms with E-state index in [1.807, 2.05) is 12.1 Å². The largest absolute Gasteiger partial charge is 0.354 e. The fourth-order valence-electron chi connectivity index (χ4n) is 3.17. The van der Waals surface area contributed by atoms with Gasteiger partial charge in [-0.25, -0.2) is 9.48 Å². The molecule has 7 heteroatoms. The number of aromatic nitrogens is 4. The van der Waals surface area contributed by atoms with Gasteiger partial charge >= 0.3 is 5.69 Å². The monoisotopic (exact) mass is 329 g/mol. The first kappa shape index (κ1) is 16.4. The van der Waals surface area contributed by atoms with Crippen LogP contribution in [-0.4, -0.2) is 31.8 Å². The van der Waals surface area contributed by atoms with E-state index in [2.05, 4.69) is 15.4 Å². The summed E-state index contributed by atoms with van der Waals surface area (Å²) in [5, 5.41) is 7.30. The summed E-state index contributed by atoms with van der Waals surface area (Å²) in [7, 11) is 1.69. The van der Waals surface area contributed by atoms with Crippen molar-refractivity contribution in [1.82, 2.24) is 24.6 Å². The van der Waals surface area contributed by atoms with Crippen molar-refractivity contribution in [2.45, 2.75) is 38.6 Å². The summed E-state index contributed by atoms with van der Waals surface area (Å²) < 4.78 is 2.89. The van der Waals surface area contributed by atoms with Gasteiger partial charge in [0.15, 0.2) is 5.82 Å². The lowest BCUT2D eigenvalue weighted by Crippen LogP contribution is -2.36. The van der Waals surface area contributed by atoms with Gasteiger partial charge in [0.25, 0.3) is 0 Å². The highest BCUT2D eigenvalue weighted by molar-refractivity contribution is 5.78. The highest BCUT2D eigenvalue weighted by Gasteiger charge is 2.20. The van der Waals surface area contributed by atoms with Crippen LogP contribution in [0.25, 0.3) is 11.4 Å². The normalized spacial score (nSPS) is 15.4. The number of nitrogens with zero attached hydrogens (tertiary/aromatic N) is 4. The second-order valence-electron chi connectivity index (χ2n) is 6.26. The zero-order valence-electron chi connectivity index (χ0n) is 13.9. The molecule has 3 rings (SSSR count). The molecule has 1 amide bonds.